The lowest BCUT2D eigenvalue weighted by Crippen LogP contribution is -2.54. The second-order valence-corrected chi connectivity index (χ2v) is 26.0. The normalized spacial score (nSPS) is 18.0. The zero-order chi connectivity index (χ0) is 63.5. The van der Waals surface area contributed by atoms with Crippen LogP contribution in [0.25, 0.3) is 33.6 Å². The molecule has 0 aliphatic heterocycles. The van der Waals surface area contributed by atoms with Gasteiger partial charge >= 0.3 is 0 Å². The van der Waals surface area contributed by atoms with Crippen molar-refractivity contribution in [3.05, 3.63) is 99.7 Å². The van der Waals surface area contributed by atoms with Gasteiger partial charge in [-0.25, -0.2) is 0 Å². The summed E-state index contributed by atoms with van der Waals surface area (Å²) in [5.41, 5.74) is 39.9. The van der Waals surface area contributed by atoms with Crippen LogP contribution in [0.3, 0.4) is 0 Å². The molecule has 4 aliphatic carbocycles. The molecule has 32 heteroatoms. The number of terminal acetylenes is 1. The summed E-state index contributed by atoms with van der Waals surface area (Å²) in [6, 6.07) is 0. The van der Waals surface area contributed by atoms with Crippen molar-refractivity contribution in [3.63, 3.8) is 0 Å². The maximum Gasteiger partial charge on any atom is 0.207 e. The third-order valence-corrected chi connectivity index (χ3v) is 22.4. The Morgan fingerprint density at radius 2 is 1.02 bits per heavy atom. The molecule has 0 radical (unpaired) electrons. The largest absolute Gasteiger partial charge is 0.508 e. The molecule has 85 heavy (non-hydrogen) atoms. The van der Waals surface area contributed by atoms with Crippen LogP contribution in [-0.4, -0.2) is 233 Å². The number of aromatic hydroxyl groups is 2. The highest BCUT2D eigenvalue weighted by Crippen LogP contribution is 2.64. The van der Waals surface area contributed by atoms with Crippen LogP contribution in [0.5, 0.6) is 11.5 Å². The van der Waals surface area contributed by atoms with Crippen LogP contribution >= 0.6 is 0 Å². The fourth-order valence-corrected chi connectivity index (χ4v) is 15.8. The van der Waals surface area contributed by atoms with Crippen molar-refractivity contribution in [2.24, 2.45) is 0 Å². The zero-order valence-corrected chi connectivity index (χ0v) is 56.6. The maximum absolute atomic E-state index is 16.1. The molecule has 3 N–H and O–H groups in total. The highest BCUT2D eigenvalue weighted by atomic mass is 16.3. The molecule has 9 rings (SSSR count). The van der Waals surface area contributed by atoms with E-state index in [1.54, 1.807) is 0 Å². The smallest absolute Gasteiger partial charge is 0.207 e. The number of rotatable bonds is 7. The van der Waals surface area contributed by atoms with Crippen molar-refractivity contribution in [1.82, 2.24) is 0 Å². The van der Waals surface area contributed by atoms with Crippen molar-refractivity contribution >= 4 is 328 Å². The Labute approximate surface area is 531 Å². The van der Waals surface area contributed by atoms with E-state index in [2.05, 4.69) is 182 Å². The molecule has 0 bridgehead atoms. The molecular formula is C53H64B27NO4. The summed E-state index contributed by atoms with van der Waals surface area (Å²) in [5.74, 6) is 10.4. The van der Waals surface area contributed by atoms with Gasteiger partial charge in [-0.05, 0) is 67.0 Å². The number of Topliss-reactive ketones (excluding diaryl/α,β-unsaturated/α-hetero) is 1. The first-order chi connectivity index (χ1) is 39.6. The van der Waals surface area contributed by atoms with Crippen LogP contribution in [0.1, 0.15) is 40.3 Å². The molecule has 0 saturated heterocycles. The highest BCUT2D eigenvalue weighted by molar-refractivity contribution is 6.69. The first-order valence-electron chi connectivity index (χ1n) is 30.5. The Kier molecular flexibility index (Phi) is 16.4. The number of anilines is 1. The van der Waals surface area contributed by atoms with E-state index in [1.807, 2.05) is 59.8 Å². The van der Waals surface area contributed by atoms with E-state index in [4.69, 9.17) is 6.42 Å². The summed E-state index contributed by atoms with van der Waals surface area (Å²) < 4.78 is 0. The number of phenolic OH excluding ortho intramolecular Hbond substituents is 2. The molecule has 0 amide bonds. The summed E-state index contributed by atoms with van der Waals surface area (Å²) in [7, 11) is 58.0. The predicted molar refractivity (Wildman–Crippen MR) is 447 cm³/mol. The molecule has 5 aromatic carbocycles. The van der Waals surface area contributed by atoms with Crippen LogP contribution < -0.4 is 97.8 Å². The van der Waals surface area contributed by atoms with Crippen LogP contribution in [0.4, 0.5) is 5.69 Å². The van der Waals surface area contributed by atoms with Gasteiger partial charge in [0.2, 0.25) is 5.78 Å². The first-order valence-corrected chi connectivity index (χ1v) is 30.5. The molecule has 5 aromatic rings. The summed E-state index contributed by atoms with van der Waals surface area (Å²) in [6.45, 7) is 2.07. The van der Waals surface area contributed by atoms with Crippen LogP contribution in [0.15, 0.2) is 66.3 Å². The van der Waals surface area contributed by atoms with Gasteiger partial charge in [0.1, 0.15) is 229 Å². The lowest BCUT2D eigenvalue weighted by molar-refractivity contribution is -0.112. The van der Waals surface area contributed by atoms with E-state index < -0.39 is 5.41 Å². The third-order valence-electron chi connectivity index (χ3n) is 22.4. The average molecular weight is 1070 g/mol. The minimum atomic E-state index is -0.775. The molecule has 0 aromatic heterocycles. The van der Waals surface area contributed by atoms with Crippen molar-refractivity contribution in [2.45, 2.75) is 24.5 Å². The number of hydrogen-bond donors (Lipinski definition) is 3. The van der Waals surface area contributed by atoms with E-state index in [0.29, 0.717) is 34.5 Å². The van der Waals surface area contributed by atoms with Gasteiger partial charge in [0.25, 0.3) is 0 Å². The standard InChI is InChI=1S/C53H64B27NO4/c1-3-11(50(83)12-8(6-54)49(82)45(79)39(73)27(12)61)81(48-44(78)38(72)33(67)19(52(48)85)32(66)24(58)7(2)55)47-42(76)30(64)18(31(65)43(47)77)17-26(60)14-13-20(9(56)4-5-10(57)25(13)59)53(21(14)34(68)29(17)63)22-15(28(62)37(71)40(74)35(22)69)16-23(53)36(70)41(75)46(80)51(16)84/h1,9,82-84H,6,54-80H2,2H3/b24-7-,32-19+,50-11-. The molecule has 5 nitrogen and oxygen atoms in total. The number of nitrogens with zero attached hydrogens (tertiary/aromatic N) is 1. The Morgan fingerprint density at radius 3 is 1.56 bits per heavy atom. The molecule has 2 unspecified atom stereocenters. The van der Waals surface area contributed by atoms with Crippen LogP contribution in [0.2, 0.25) is 5.82 Å². The van der Waals surface area contributed by atoms with Gasteiger partial charge in [-0.15, -0.1) is 34.2 Å². The summed E-state index contributed by atoms with van der Waals surface area (Å²) in [4.78, 5) is 18.0. The Hall–Kier alpha value is -5.98. The van der Waals surface area contributed by atoms with Crippen molar-refractivity contribution < 1.29 is 20.1 Å². The minimum absolute atomic E-state index is 0.122. The quantitative estimate of drug-likeness (QED) is 0.0655. The number of aliphatic hydroxyl groups is 1. The number of aliphatic hydroxyl groups excluding tert-OH is 1. The van der Waals surface area contributed by atoms with Gasteiger partial charge < -0.3 is 15.3 Å². The first kappa shape index (κ1) is 63.5. The molecule has 0 fully saturated rings. The number of phenols is 2. The van der Waals surface area contributed by atoms with Gasteiger partial charge in [0, 0.05) is 28.2 Å². The topological polar surface area (TPSA) is 81.0 Å². The lowest BCUT2D eigenvalue weighted by Gasteiger charge is -2.40. The van der Waals surface area contributed by atoms with Crippen LogP contribution in [0, 0.1) is 24.2 Å². The zero-order valence-electron chi connectivity index (χ0n) is 56.6. The maximum atomic E-state index is 16.1. The van der Waals surface area contributed by atoms with E-state index in [1.165, 1.54) is 82.6 Å². The van der Waals surface area contributed by atoms with Gasteiger partial charge in [-0.1, -0.05) is 128 Å². The van der Waals surface area contributed by atoms with Gasteiger partial charge in [-0.3, -0.25) is 9.69 Å². The number of benzene rings is 5. The van der Waals surface area contributed by atoms with Crippen molar-refractivity contribution in [2.75, 3.05) is 4.90 Å². The molecule has 0 saturated carbocycles. The molecule has 386 valence electrons. The van der Waals surface area contributed by atoms with Gasteiger partial charge in [-0.2, -0.15) is 0 Å². The van der Waals surface area contributed by atoms with Crippen LogP contribution in [-0.2, 0) is 16.5 Å². The third kappa shape index (κ3) is 8.45. The fraction of sp³-hybridized carbons (Fsp3) is 0.0755. The average Bonchev–Trinajstić information content (AvgIpc) is 1.49. The highest BCUT2D eigenvalue weighted by Gasteiger charge is 2.58. The summed E-state index contributed by atoms with van der Waals surface area (Å²) in [6.07, 6.45) is 7.28. The van der Waals surface area contributed by atoms with E-state index in [0.717, 1.165) is 115 Å². The SMILES string of the molecule is BCc1c(O)c(B)c(B)c(B)c1/C(O)=C(\C#C)N(C1=C(B)C(B)=C(B)/C(=C(B)/C(B)=C(/B)C)C1=O)c1c(B)c(B)c(-c2c(B)c(B)c3c(c2B)C2=C(C(B)C#CC(B)=C2B)C32c3c(B)c(B)c(B)c(B)c3-c3c(O)c(B)c(B)c(B)c32)c(B)c1B. The summed E-state index contributed by atoms with van der Waals surface area (Å²) >= 11 is 0. The molecule has 4 aliphatic rings. The Morgan fingerprint density at radius 1 is 0.565 bits per heavy atom. The number of carbonyl (C=O) groups excluding carboxylic acids is 1. The molecule has 0 heterocycles. The number of carbonyl (C=O) groups is 1. The van der Waals surface area contributed by atoms with E-state index in [-0.39, 0.29) is 28.8 Å². The lowest BCUT2D eigenvalue weighted by atomic mass is 9.52. The van der Waals surface area contributed by atoms with Crippen molar-refractivity contribution in [1.29, 1.82) is 0 Å². The molecular weight excluding hydrogens is 1010 g/mol. The molecule has 2 atom stereocenters. The monoisotopic (exact) mass is 1080 g/mol. The Balaban J connectivity index is 1.47. The number of allylic oxidation sites excluding steroid dienone is 12. The van der Waals surface area contributed by atoms with E-state index in [9.17, 15) is 15.3 Å². The number of hydrogen-bond acceptors (Lipinski definition) is 5. The fourth-order valence-electron chi connectivity index (χ4n) is 15.8. The Bertz CT molecular complexity index is 4350. The number of fused-ring (bicyclic) bond motifs is 9. The second kappa shape index (κ2) is 22.0. The molecule has 1 spiro atoms. The summed E-state index contributed by atoms with van der Waals surface area (Å²) in [5, 5.41) is 37.8. The minimum Gasteiger partial charge on any atom is -0.508 e. The number of ketones is 1. The van der Waals surface area contributed by atoms with Gasteiger partial charge in [0.15, 0.2) is 5.76 Å². The van der Waals surface area contributed by atoms with Gasteiger partial charge in [0.05, 0.1) is 11.1 Å². The second-order valence-electron chi connectivity index (χ2n) is 26.0. The predicted octanol–water partition coefficient (Wildman–Crippen LogP) is -29.1. The van der Waals surface area contributed by atoms with Crippen molar-refractivity contribution in [3.8, 4) is 57.9 Å². The van der Waals surface area contributed by atoms with E-state index >= 15 is 4.79 Å².